The van der Waals surface area contributed by atoms with Gasteiger partial charge in [0.2, 0.25) is 5.91 Å². The molecule has 6 rings (SSSR count). The Morgan fingerprint density at radius 3 is 2.00 bits per heavy atom. The Kier molecular flexibility index (Phi) is 4.04. The van der Waals surface area contributed by atoms with Crippen molar-refractivity contribution in [3.63, 3.8) is 0 Å². The van der Waals surface area contributed by atoms with Crippen molar-refractivity contribution in [2.75, 3.05) is 0 Å². The first kappa shape index (κ1) is 17.2. The Balaban J connectivity index is 1.34. The molecule has 5 nitrogen and oxygen atoms in total. The highest BCUT2D eigenvalue weighted by atomic mass is 16.5. The average Bonchev–Trinajstić information content (AvgIpc) is 3.49. The molecule has 2 amide bonds. The number of benzene rings is 1. The molecular formula is C22H28N2O3. The second-order valence-corrected chi connectivity index (χ2v) is 9.55. The van der Waals surface area contributed by atoms with Crippen LogP contribution in [0.15, 0.2) is 24.3 Å². The maximum absolute atomic E-state index is 13.4. The molecule has 3 N–H and O–H groups in total. The Hall–Kier alpha value is -1.88. The van der Waals surface area contributed by atoms with E-state index in [0.717, 1.165) is 55.4 Å². The van der Waals surface area contributed by atoms with Crippen LogP contribution in [0.1, 0.15) is 73.3 Å². The van der Waals surface area contributed by atoms with Gasteiger partial charge in [0.05, 0.1) is 6.04 Å². The molecule has 1 unspecified atom stereocenters. The second-order valence-electron chi connectivity index (χ2n) is 9.55. The van der Waals surface area contributed by atoms with Gasteiger partial charge in [0, 0.05) is 11.0 Å². The van der Waals surface area contributed by atoms with Crippen molar-refractivity contribution < 1.29 is 14.8 Å². The zero-order valence-electron chi connectivity index (χ0n) is 15.6. The maximum Gasteiger partial charge on any atom is 0.274 e. The van der Waals surface area contributed by atoms with E-state index in [1.807, 2.05) is 12.1 Å². The number of carbonyl (C=O) groups is 2. The summed E-state index contributed by atoms with van der Waals surface area (Å²) in [6.07, 6.45) is 9.55. The summed E-state index contributed by atoms with van der Waals surface area (Å²) in [6, 6.07) is 7.29. The van der Waals surface area contributed by atoms with Crippen molar-refractivity contribution in [2.45, 2.75) is 57.4 Å². The molecule has 5 aliphatic rings. The van der Waals surface area contributed by atoms with Crippen LogP contribution in [-0.2, 0) is 4.79 Å². The Morgan fingerprint density at radius 1 is 0.963 bits per heavy atom. The molecule has 0 saturated heterocycles. The lowest BCUT2D eigenvalue weighted by Gasteiger charge is -2.55. The summed E-state index contributed by atoms with van der Waals surface area (Å²) in [6.45, 7) is 0. The summed E-state index contributed by atoms with van der Waals surface area (Å²) in [5.74, 6) is 2.55. The van der Waals surface area contributed by atoms with Crippen LogP contribution in [0.2, 0.25) is 0 Å². The number of amides is 2. The van der Waals surface area contributed by atoms with E-state index in [1.54, 1.807) is 17.6 Å². The lowest BCUT2D eigenvalue weighted by atomic mass is 9.49. The van der Waals surface area contributed by atoms with Gasteiger partial charge in [-0.05, 0) is 92.7 Å². The average molecular weight is 368 g/mol. The van der Waals surface area contributed by atoms with E-state index >= 15 is 0 Å². The molecule has 144 valence electrons. The van der Waals surface area contributed by atoms with Crippen molar-refractivity contribution in [3.8, 4) is 0 Å². The zero-order valence-corrected chi connectivity index (χ0v) is 15.6. The highest BCUT2D eigenvalue weighted by Gasteiger charge is 2.55. The van der Waals surface area contributed by atoms with Gasteiger partial charge in [0.15, 0.2) is 0 Å². The van der Waals surface area contributed by atoms with Gasteiger partial charge in [0.1, 0.15) is 0 Å². The van der Waals surface area contributed by atoms with Crippen LogP contribution in [-0.4, -0.2) is 17.0 Å². The van der Waals surface area contributed by atoms with Crippen molar-refractivity contribution in [1.29, 1.82) is 0 Å². The van der Waals surface area contributed by atoms with Gasteiger partial charge in [-0.3, -0.25) is 14.8 Å². The van der Waals surface area contributed by atoms with Crippen molar-refractivity contribution in [2.24, 2.45) is 29.1 Å². The van der Waals surface area contributed by atoms with Gasteiger partial charge >= 0.3 is 0 Å². The van der Waals surface area contributed by atoms with E-state index < -0.39 is 5.91 Å². The maximum atomic E-state index is 13.4. The monoisotopic (exact) mass is 368 g/mol. The summed E-state index contributed by atoms with van der Waals surface area (Å²) >= 11 is 0. The second kappa shape index (κ2) is 6.33. The number of hydroxylamine groups is 1. The van der Waals surface area contributed by atoms with Crippen LogP contribution in [0.3, 0.4) is 0 Å². The number of hydrogen-bond donors (Lipinski definition) is 3. The first-order chi connectivity index (χ1) is 13.1. The molecule has 5 heteroatoms. The number of nitrogens with one attached hydrogen (secondary N) is 2. The van der Waals surface area contributed by atoms with Gasteiger partial charge in [-0.1, -0.05) is 12.1 Å². The van der Waals surface area contributed by atoms with Crippen LogP contribution in [0.5, 0.6) is 0 Å². The van der Waals surface area contributed by atoms with Gasteiger partial charge in [-0.25, -0.2) is 5.48 Å². The predicted molar refractivity (Wildman–Crippen MR) is 99.9 cm³/mol. The van der Waals surface area contributed by atoms with E-state index in [2.05, 4.69) is 5.32 Å². The molecule has 5 aliphatic carbocycles. The standard InChI is InChI=1S/C22H28N2O3/c25-20(24-27)18-5-3-17(4-6-18)19(16-1-2-16)23-21(26)22-10-13-7-14(11-22)9-15(8-13)12-22/h3-6,13-16,19,27H,1-2,7-12H2,(H,23,26)(H,24,25). The van der Waals surface area contributed by atoms with Gasteiger partial charge in [-0.15, -0.1) is 0 Å². The van der Waals surface area contributed by atoms with Crippen molar-refractivity contribution >= 4 is 11.8 Å². The molecule has 5 saturated carbocycles. The largest absolute Gasteiger partial charge is 0.349 e. The third-order valence-electron chi connectivity index (χ3n) is 7.53. The summed E-state index contributed by atoms with van der Waals surface area (Å²) < 4.78 is 0. The van der Waals surface area contributed by atoms with Gasteiger partial charge in [0.25, 0.3) is 5.91 Å². The van der Waals surface area contributed by atoms with E-state index in [-0.39, 0.29) is 17.4 Å². The van der Waals surface area contributed by atoms with Crippen LogP contribution in [0, 0.1) is 29.1 Å². The van der Waals surface area contributed by atoms with E-state index in [1.165, 1.54) is 19.3 Å². The Morgan fingerprint density at radius 2 is 1.52 bits per heavy atom. The van der Waals surface area contributed by atoms with Gasteiger partial charge < -0.3 is 5.32 Å². The zero-order chi connectivity index (χ0) is 18.6. The third-order valence-corrected chi connectivity index (χ3v) is 7.53. The Labute approximate surface area is 159 Å². The summed E-state index contributed by atoms with van der Waals surface area (Å²) in [7, 11) is 0. The van der Waals surface area contributed by atoms with Crippen molar-refractivity contribution in [1.82, 2.24) is 10.8 Å². The quantitative estimate of drug-likeness (QED) is 0.549. The molecule has 0 radical (unpaired) electrons. The van der Waals surface area contributed by atoms with E-state index in [4.69, 9.17) is 5.21 Å². The third kappa shape index (κ3) is 3.06. The molecule has 1 atom stereocenters. The molecule has 1 aromatic carbocycles. The fourth-order valence-corrected chi connectivity index (χ4v) is 6.49. The molecule has 1 aromatic rings. The topological polar surface area (TPSA) is 78.4 Å². The molecule has 4 bridgehead atoms. The summed E-state index contributed by atoms with van der Waals surface area (Å²) in [4.78, 5) is 25.0. The molecule has 5 fully saturated rings. The SMILES string of the molecule is O=C(NO)c1ccc(C(NC(=O)C23CC4CC(CC(C4)C2)C3)C2CC2)cc1. The first-order valence-electron chi connectivity index (χ1n) is 10.4. The number of hydrogen-bond acceptors (Lipinski definition) is 3. The number of rotatable bonds is 5. The van der Waals surface area contributed by atoms with Crippen LogP contribution in [0.25, 0.3) is 0 Å². The van der Waals surface area contributed by atoms with E-state index in [0.29, 0.717) is 11.5 Å². The predicted octanol–water partition coefficient (Wildman–Crippen LogP) is 3.59. The van der Waals surface area contributed by atoms with E-state index in [9.17, 15) is 9.59 Å². The highest BCUT2D eigenvalue weighted by Crippen LogP contribution is 2.60. The fraction of sp³-hybridized carbons (Fsp3) is 0.636. The van der Waals surface area contributed by atoms with Gasteiger partial charge in [-0.2, -0.15) is 0 Å². The van der Waals surface area contributed by atoms with Crippen LogP contribution in [0.4, 0.5) is 0 Å². The first-order valence-corrected chi connectivity index (χ1v) is 10.4. The van der Waals surface area contributed by atoms with Crippen LogP contribution < -0.4 is 10.8 Å². The molecule has 0 aromatic heterocycles. The normalized spacial score (nSPS) is 34.9. The minimum atomic E-state index is -0.512. The Bertz CT molecular complexity index is 718. The molecule has 0 spiro atoms. The fourth-order valence-electron chi connectivity index (χ4n) is 6.49. The summed E-state index contributed by atoms with van der Waals surface area (Å²) in [5.41, 5.74) is 3.02. The lowest BCUT2D eigenvalue weighted by Crippen LogP contribution is -2.54. The number of carbonyl (C=O) groups excluding carboxylic acids is 2. The minimum absolute atomic E-state index is 0.0387. The van der Waals surface area contributed by atoms with Crippen LogP contribution >= 0.6 is 0 Å². The smallest absolute Gasteiger partial charge is 0.274 e. The van der Waals surface area contributed by atoms with Crippen molar-refractivity contribution in [3.05, 3.63) is 35.4 Å². The highest BCUT2D eigenvalue weighted by molar-refractivity contribution is 5.93. The summed E-state index contributed by atoms with van der Waals surface area (Å²) in [5, 5.41) is 12.2. The lowest BCUT2D eigenvalue weighted by molar-refractivity contribution is -0.147. The molecule has 27 heavy (non-hydrogen) atoms. The molecule has 0 aliphatic heterocycles. The molecule has 0 heterocycles. The minimum Gasteiger partial charge on any atom is -0.349 e. The molecular weight excluding hydrogens is 340 g/mol.